The van der Waals surface area contributed by atoms with Crippen LogP contribution in [0.2, 0.25) is 0 Å². The fraction of sp³-hybridized carbons (Fsp3) is 0.316. The van der Waals surface area contributed by atoms with Crippen molar-refractivity contribution in [2.24, 2.45) is 0 Å². The van der Waals surface area contributed by atoms with Gasteiger partial charge in [-0.1, -0.05) is 0 Å². The first-order valence-corrected chi connectivity index (χ1v) is 7.90. The van der Waals surface area contributed by atoms with Gasteiger partial charge in [-0.2, -0.15) is 0 Å². The molecule has 140 valence electrons. The van der Waals surface area contributed by atoms with Gasteiger partial charge in [-0.05, 0) is 42.3 Å². The average Bonchev–Trinajstić information content (AvgIpc) is 2.66. The number of nitrogens with zero attached hydrogens (tertiary/aromatic N) is 1. The molecular formula is C19H21F2NO4. The number of carbonyl (C=O) groups excluding carboxylic acids is 1. The van der Waals surface area contributed by atoms with Crippen LogP contribution < -0.4 is 14.2 Å². The molecule has 5 nitrogen and oxygen atoms in total. The molecule has 0 aliphatic carbocycles. The Bertz CT molecular complexity index is 770. The molecule has 0 saturated carbocycles. The van der Waals surface area contributed by atoms with Gasteiger partial charge in [0.15, 0.2) is 23.1 Å². The summed E-state index contributed by atoms with van der Waals surface area (Å²) < 4.78 is 42.2. The monoisotopic (exact) mass is 365 g/mol. The molecule has 0 spiro atoms. The first-order valence-electron chi connectivity index (χ1n) is 7.90. The Kier molecular flexibility index (Phi) is 6.38. The largest absolute Gasteiger partial charge is 0.493 e. The van der Waals surface area contributed by atoms with E-state index < -0.39 is 17.5 Å². The van der Waals surface area contributed by atoms with E-state index in [2.05, 4.69) is 0 Å². The molecule has 26 heavy (non-hydrogen) atoms. The highest BCUT2D eigenvalue weighted by Gasteiger charge is 2.16. The van der Waals surface area contributed by atoms with Crippen molar-refractivity contribution in [3.05, 3.63) is 53.1 Å². The van der Waals surface area contributed by atoms with Gasteiger partial charge in [0.05, 0.1) is 21.3 Å². The van der Waals surface area contributed by atoms with Crippen molar-refractivity contribution in [2.75, 3.05) is 34.9 Å². The Morgan fingerprint density at radius 1 is 0.962 bits per heavy atom. The fourth-order valence-corrected chi connectivity index (χ4v) is 2.53. The summed E-state index contributed by atoms with van der Waals surface area (Å²) in [6.45, 7) is 0.371. The van der Waals surface area contributed by atoms with E-state index in [1.165, 1.54) is 32.3 Å². The van der Waals surface area contributed by atoms with Crippen molar-refractivity contribution in [3.63, 3.8) is 0 Å². The summed E-state index contributed by atoms with van der Waals surface area (Å²) in [5.41, 5.74) is 0.973. The fourth-order valence-electron chi connectivity index (χ4n) is 2.53. The van der Waals surface area contributed by atoms with Crippen molar-refractivity contribution in [1.82, 2.24) is 4.90 Å². The minimum Gasteiger partial charge on any atom is -0.493 e. The van der Waals surface area contributed by atoms with E-state index in [9.17, 15) is 13.6 Å². The quantitative estimate of drug-likeness (QED) is 0.755. The zero-order valence-electron chi connectivity index (χ0n) is 15.1. The molecule has 0 aliphatic rings. The molecule has 0 fully saturated rings. The smallest absolute Gasteiger partial charge is 0.253 e. The van der Waals surface area contributed by atoms with Gasteiger partial charge in [-0.25, -0.2) is 8.78 Å². The third-order valence-electron chi connectivity index (χ3n) is 3.97. The van der Waals surface area contributed by atoms with E-state index in [0.717, 1.165) is 17.7 Å². The lowest BCUT2D eigenvalue weighted by Crippen LogP contribution is -2.29. The van der Waals surface area contributed by atoms with Crippen molar-refractivity contribution >= 4 is 5.91 Å². The summed E-state index contributed by atoms with van der Waals surface area (Å²) in [6.07, 6.45) is 0.516. The molecule has 0 unspecified atom stereocenters. The van der Waals surface area contributed by atoms with Gasteiger partial charge in [-0.15, -0.1) is 0 Å². The predicted octanol–water partition coefficient (Wildman–Crippen LogP) is 3.31. The van der Waals surface area contributed by atoms with Gasteiger partial charge in [0.25, 0.3) is 5.91 Å². The standard InChI is InChI=1S/C19H21F2NO4/c1-22(19(23)13-5-6-14(20)15(21)11-13)8-7-12-9-16(24-2)18(26-4)17(10-12)25-3/h5-6,9-11H,7-8H2,1-4H3. The number of amides is 1. The lowest BCUT2D eigenvalue weighted by atomic mass is 10.1. The lowest BCUT2D eigenvalue weighted by molar-refractivity contribution is 0.0796. The summed E-state index contributed by atoms with van der Waals surface area (Å²) in [4.78, 5) is 13.8. The van der Waals surface area contributed by atoms with E-state index in [4.69, 9.17) is 14.2 Å². The van der Waals surface area contributed by atoms with Crippen LogP contribution in [0.3, 0.4) is 0 Å². The molecule has 0 bridgehead atoms. The van der Waals surface area contributed by atoms with Crippen LogP contribution in [0.25, 0.3) is 0 Å². The number of methoxy groups -OCH3 is 3. The second kappa shape index (κ2) is 8.51. The van der Waals surface area contributed by atoms with Crippen LogP contribution in [0, 0.1) is 11.6 Å². The summed E-state index contributed by atoms with van der Waals surface area (Å²) in [5, 5.41) is 0. The molecule has 0 heterocycles. The Hall–Kier alpha value is -2.83. The van der Waals surface area contributed by atoms with Gasteiger partial charge >= 0.3 is 0 Å². The van der Waals surface area contributed by atoms with Crippen LogP contribution in [-0.4, -0.2) is 45.7 Å². The van der Waals surface area contributed by atoms with Crippen molar-refractivity contribution < 1.29 is 27.8 Å². The summed E-state index contributed by atoms with van der Waals surface area (Å²) >= 11 is 0. The van der Waals surface area contributed by atoms with Gasteiger partial charge < -0.3 is 19.1 Å². The van der Waals surface area contributed by atoms with E-state index in [-0.39, 0.29) is 5.56 Å². The molecule has 2 aromatic rings. The van der Waals surface area contributed by atoms with E-state index >= 15 is 0 Å². The molecule has 0 aliphatic heterocycles. The molecule has 0 N–H and O–H groups in total. The molecule has 0 saturated heterocycles. The second-order valence-corrected chi connectivity index (χ2v) is 5.64. The minimum absolute atomic E-state index is 0.0938. The number of likely N-dealkylation sites (N-methyl/N-ethyl adjacent to an activating group) is 1. The SMILES string of the molecule is COc1cc(CCN(C)C(=O)c2ccc(F)c(F)c2)cc(OC)c1OC. The first kappa shape index (κ1) is 19.5. The Morgan fingerprint density at radius 3 is 2.08 bits per heavy atom. The number of carbonyl (C=O) groups is 1. The number of benzene rings is 2. The van der Waals surface area contributed by atoms with Crippen molar-refractivity contribution in [2.45, 2.75) is 6.42 Å². The Morgan fingerprint density at radius 2 is 1.58 bits per heavy atom. The number of ether oxygens (including phenoxy) is 3. The summed E-state index contributed by atoms with van der Waals surface area (Å²) in [7, 11) is 6.18. The predicted molar refractivity (Wildman–Crippen MR) is 93.1 cm³/mol. The molecule has 0 radical (unpaired) electrons. The van der Waals surface area contributed by atoms with Crippen LogP contribution in [-0.2, 0) is 6.42 Å². The highest BCUT2D eigenvalue weighted by atomic mass is 19.2. The van der Waals surface area contributed by atoms with Crippen LogP contribution in [0.15, 0.2) is 30.3 Å². The molecule has 7 heteroatoms. The maximum absolute atomic E-state index is 13.3. The highest BCUT2D eigenvalue weighted by Crippen LogP contribution is 2.38. The molecule has 2 aromatic carbocycles. The van der Waals surface area contributed by atoms with Gasteiger partial charge in [0.1, 0.15) is 0 Å². The van der Waals surface area contributed by atoms with Crippen molar-refractivity contribution in [1.29, 1.82) is 0 Å². The normalized spacial score (nSPS) is 10.4. The summed E-state index contributed by atoms with van der Waals surface area (Å²) in [6, 6.07) is 6.70. The van der Waals surface area contributed by atoms with E-state index in [1.54, 1.807) is 19.2 Å². The van der Waals surface area contributed by atoms with Crippen LogP contribution in [0.4, 0.5) is 8.78 Å². The number of halogens is 2. The van der Waals surface area contributed by atoms with Crippen molar-refractivity contribution in [3.8, 4) is 17.2 Å². The molecule has 0 atom stereocenters. The second-order valence-electron chi connectivity index (χ2n) is 5.64. The third kappa shape index (κ3) is 4.22. The lowest BCUT2D eigenvalue weighted by Gasteiger charge is -2.19. The van der Waals surface area contributed by atoms with Gasteiger partial charge in [0, 0.05) is 19.2 Å². The first-order chi connectivity index (χ1) is 12.4. The Balaban J connectivity index is 2.12. The maximum atomic E-state index is 13.3. The molecular weight excluding hydrogens is 344 g/mol. The van der Waals surface area contributed by atoms with Crippen LogP contribution in [0.1, 0.15) is 15.9 Å². The summed E-state index contributed by atoms with van der Waals surface area (Å²) in [5.74, 6) is -0.885. The minimum atomic E-state index is -1.05. The zero-order chi connectivity index (χ0) is 19.3. The molecule has 1 amide bonds. The van der Waals surface area contributed by atoms with Crippen LogP contribution >= 0.6 is 0 Å². The third-order valence-corrected chi connectivity index (χ3v) is 3.97. The zero-order valence-corrected chi connectivity index (χ0v) is 15.1. The van der Waals surface area contributed by atoms with E-state index in [0.29, 0.717) is 30.2 Å². The topological polar surface area (TPSA) is 48.0 Å². The molecule has 2 rings (SSSR count). The Labute approximate surface area is 151 Å². The number of rotatable bonds is 7. The van der Waals surface area contributed by atoms with Gasteiger partial charge in [-0.3, -0.25) is 4.79 Å². The highest BCUT2D eigenvalue weighted by molar-refractivity contribution is 5.94. The van der Waals surface area contributed by atoms with Crippen LogP contribution in [0.5, 0.6) is 17.2 Å². The van der Waals surface area contributed by atoms with E-state index in [1.807, 2.05) is 0 Å². The molecule has 0 aromatic heterocycles. The average molecular weight is 365 g/mol. The van der Waals surface area contributed by atoms with Gasteiger partial charge in [0.2, 0.25) is 5.75 Å². The number of hydrogen-bond donors (Lipinski definition) is 0. The maximum Gasteiger partial charge on any atom is 0.253 e. The number of hydrogen-bond acceptors (Lipinski definition) is 4.